The largest absolute Gasteiger partial charge is 0.492 e. The Kier molecular flexibility index (Phi) is 2.56. The maximum atomic E-state index is 5.86. The highest BCUT2D eigenvalue weighted by Crippen LogP contribution is 2.39. The first-order valence-corrected chi connectivity index (χ1v) is 7.00. The van der Waals surface area contributed by atoms with Crippen LogP contribution in [0.2, 0.25) is 0 Å². The van der Waals surface area contributed by atoms with Gasteiger partial charge < -0.3 is 10.1 Å². The first-order valence-electron chi connectivity index (χ1n) is 7.00. The molecule has 1 N–H and O–H groups in total. The molecule has 96 valence electrons. The first-order chi connectivity index (χ1) is 9.43. The second-order valence-corrected chi connectivity index (χ2v) is 5.26. The standard InChI is InChI=1S/C17H17NO/c1-3-12-8-10-19-17(12)16(6-1)15-5-2-4-13-11-18-9-7-14(13)15/h1-6,18H,7-11H2. The lowest BCUT2D eigenvalue weighted by Crippen LogP contribution is -2.24. The van der Waals surface area contributed by atoms with Gasteiger partial charge in [0.1, 0.15) is 5.75 Å². The van der Waals surface area contributed by atoms with Gasteiger partial charge in [-0.05, 0) is 35.2 Å². The normalized spacial score (nSPS) is 16.6. The topological polar surface area (TPSA) is 21.3 Å². The van der Waals surface area contributed by atoms with Gasteiger partial charge in [-0.15, -0.1) is 0 Å². The molecule has 2 heterocycles. The van der Waals surface area contributed by atoms with Crippen LogP contribution in [0, 0.1) is 0 Å². The van der Waals surface area contributed by atoms with Crippen molar-refractivity contribution in [3.8, 4) is 16.9 Å². The van der Waals surface area contributed by atoms with Crippen LogP contribution in [0.15, 0.2) is 36.4 Å². The summed E-state index contributed by atoms with van der Waals surface area (Å²) in [5.41, 5.74) is 6.90. The van der Waals surface area contributed by atoms with Gasteiger partial charge in [0.15, 0.2) is 0 Å². The zero-order valence-electron chi connectivity index (χ0n) is 10.9. The average Bonchev–Trinajstić information content (AvgIpc) is 2.95. The third-order valence-electron chi connectivity index (χ3n) is 4.14. The Balaban J connectivity index is 1.92. The van der Waals surface area contributed by atoms with Crippen LogP contribution in [0.3, 0.4) is 0 Å². The Bertz CT molecular complexity index is 633. The molecule has 2 aliphatic rings. The summed E-state index contributed by atoms with van der Waals surface area (Å²) in [6, 6.07) is 13.2. The van der Waals surface area contributed by atoms with Crippen molar-refractivity contribution < 1.29 is 4.74 Å². The molecule has 2 aliphatic heterocycles. The number of fused-ring (bicyclic) bond motifs is 2. The average molecular weight is 251 g/mol. The number of nitrogens with one attached hydrogen (secondary N) is 1. The molecule has 0 saturated carbocycles. The van der Waals surface area contributed by atoms with Crippen molar-refractivity contribution in [1.82, 2.24) is 5.32 Å². The fourth-order valence-corrected chi connectivity index (χ4v) is 3.21. The monoisotopic (exact) mass is 251 g/mol. The van der Waals surface area contributed by atoms with Crippen LogP contribution in [0.1, 0.15) is 16.7 Å². The van der Waals surface area contributed by atoms with Crippen LogP contribution in [0.5, 0.6) is 5.75 Å². The number of hydrogen-bond donors (Lipinski definition) is 1. The van der Waals surface area contributed by atoms with E-state index in [9.17, 15) is 0 Å². The molecule has 2 heteroatoms. The second kappa shape index (κ2) is 4.39. The van der Waals surface area contributed by atoms with Crippen molar-refractivity contribution in [1.29, 1.82) is 0 Å². The van der Waals surface area contributed by atoms with Crippen molar-refractivity contribution in [2.75, 3.05) is 13.2 Å². The van der Waals surface area contributed by atoms with Crippen LogP contribution in [0.25, 0.3) is 11.1 Å². The van der Waals surface area contributed by atoms with Crippen LogP contribution in [0.4, 0.5) is 0 Å². The summed E-state index contributed by atoms with van der Waals surface area (Å²) < 4.78 is 5.86. The van der Waals surface area contributed by atoms with Crippen LogP contribution >= 0.6 is 0 Å². The zero-order valence-corrected chi connectivity index (χ0v) is 10.9. The molecule has 0 atom stereocenters. The Morgan fingerprint density at radius 2 is 1.74 bits per heavy atom. The van der Waals surface area contributed by atoms with Gasteiger partial charge >= 0.3 is 0 Å². The summed E-state index contributed by atoms with van der Waals surface area (Å²) in [4.78, 5) is 0. The van der Waals surface area contributed by atoms with Crippen LogP contribution in [-0.4, -0.2) is 13.2 Å². The quantitative estimate of drug-likeness (QED) is 0.841. The van der Waals surface area contributed by atoms with Crippen molar-refractivity contribution in [3.63, 3.8) is 0 Å². The molecule has 0 saturated heterocycles. The lowest BCUT2D eigenvalue weighted by atomic mass is 9.90. The predicted molar refractivity (Wildman–Crippen MR) is 76.5 cm³/mol. The first kappa shape index (κ1) is 11.1. The fraction of sp³-hybridized carbons (Fsp3) is 0.294. The second-order valence-electron chi connectivity index (χ2n) is 5.26. The molecule has 2 nitrogen and oxygen atoms in total. The van der Waals surface area contributed by atoms with Gasteiger partial charge in [0.25, 0.3) is 0 Å². The Hall–Kier alpha value is -1.80. The molecule has 0 aliphatic carbocycles. The van der Waals surface area contributed by atoms with E-state index in [1.54, 1.807) is 0 Å². The van der Waals surface area contributed by atoms with E-state index in [1.807, 2.05) is 0 Å². The summed E-state index contributed by atoms with van der Waals surface area (Å²) >= 11 is 0. The zero-order chi connectivity index (χ0) is 12.7. The number of benzene rings is 2. The molecule has 19 heavy (non-hydrogen) atoms. The van der Waals surface area contributed by atoms with Crippen LogP contribution in [-0.2, 0) is 19.4 Å². The molecular weight excluding hydrogens is 234 g/mol. The molecule has 4 rings (SSSR count). The number of ether oxygens (including phenoxy) is 1. The molecule has 0 spiro atoms. The smallest absolute Gasteiger partial charge is 0.130 e. The fourth-order valence-electron chi connectivity index (χ4n) is 3.21. The van der Waals surface area contributed by atoms with Gasteiger partial charge in [-0.1, -0.05) is 36.4 Å². The summed E-state index contributed by atoms with van der Waals surface area (Å²) in [7, 11) is 0. The molecular formula is C17H17NO. The van der Waals surface area contributed by atoms with Gasteiger partial charge in [-0.2, -0.15) is 0 Å². The van der Waals surface area contributed by atoms with Crippen LogP contribution < -0.4 is 10.1 Å². The number of rotatable bonds is 1. The molecule has 0 radical (unpaired) electrons. The minimum absolute atomic E-state index is 0.822. The maximum absolute atomic E-state index is 5.86. The Morgan fingerprint density at radius 1 is 0.895 bits per heavy atom. The number of hydrogen-bond acceptors (Lipinski definition) is 2. The van der Waals surface area contributed by atoms with Gasteiger partial charge in [-0.3, -0.25) is 0 Å². The molecule has 0 unspecified atom stereocenters. The number of para-hydroxylation sites is 1. The lowest BCUT2D eigenvalue weighted by molar-refractivity contribution is 0.358. The molecule has 0 fully saturated rings. The third kappa shape index (κ3) is 1.75. The van der Waals surface area contributed by atoms with E-state index >= 15 is 0 Å². The van der Waals surface area contributed by atoms with E-state index in [1.165, 1.54) is 27.8 Å². The minimum Gasteiger partial charge on any atom is -0.492 e. The summed E-state index contributed by atoms with van der Waals surface area (Å²) in [6.45, 7) is 2.88. The summed E-state index contributed by atoms with van der Waals surface area (Å²) in [5.74, 6) is 1.11. The SMILES string of the molecule is c1cc2c(c(-c3cccc4c3OCC4)c1)CCNC2. The van der Waals surface area contributed by atoms with Gasteiger partial charge in [0, 0.05) is 18.5 Å². The minimum atomic E-state index is 0.822. The van der Waals surface area contributed by atoms with E-state index in [0.29, 0.717) is 0 Å². The molecule has 2 aromatic carbocycles. The third-order valence-corrected chi connectivity index (χ3v) is 4.14. The predicted octanol–water partition coefficient (Wildman–Crippen LogP) is 2.93. The summed E-state index contributed by atoms with van der Waals surface area (Å²) in [5, 5.41) is 3.44. The lowest BCUT2D eigenvalue weighted by Gasteiger charge is -2.21. The van der Waals surface area contributed by atoms with Gasteiger partial charge in [-0.25, -0.2) is 0 Å². The molecule has 0 bridgehead atoms. The molecule has 2 aromatic rings. The van der Waals surface area contributed by atoms with E-state index in [4.69, 9.17) is 4.74 Å². The highest BCUT2D eigenvalue weighted by Gasteiger charge is 2.20. The van der Waals surface area contributed by atoms with Crippen molar-refractivity contribution >= 4 is 0 Å². The van der Waals surface area contributed by atoms with E-state index in [2.05, 4.69) is 41.7 Å². The van der Waals surface area contributed by atoms with E-state index in [0.717, 1.165) is 38.3 Å². The van der Waals surface area contributed by atoms with Crippen molar-refractivity contribution in [3.05, 3.63) is 53.1 Å². The highest BCUT2D eigenvalue weighted by atomic mass is 16.5. The Labute approximate surface area is 113 Å². The molecule has 0 amide bonds. The highest BCUT2D eigenvalue weighted by molar-refractivity contribution is 5.76. The molecule has 0 aromatic heterocycles. The van der Waals surface area contributed by atoms with Crippen molar-refractivity contribution in [2.45, 2.75) is 19.4 Å². The van der Waals surface area contributed by atoms with Crippen molar-refractivity contribution in [2.24, 2.45) is 0 Å². The van der Waals surface area contributed by atoms with E-state index in [-0.39, 0.29) is 0 Å². The van der Waals surface area contributed by atoms with Gasteiger partial charge in [0.05, 0.1) is 6.61 Å². The van der Waals surface area contributed by atoms with E-state index < -0.39 is 0 Å². The maximum Gasteiger partial charge on any atom is 0.130 e. The summed E-state index contributed by atoms with van der Waals surface area (Å²) in [6.07, 6.45) is 2.15. The van der Waals surface area contributed by atoms with Gasteiger partial charge in [0.2, 0.25) is 0 Å². The Morgan fingerprint density at radius 3 is 2.68 bits per heavy atom.